The van der Waals surface area contributed by atoms with Gasteiger partial charge in [-0.1, -0.05) is 24.3 Å². The minimum atomic E-state index is -0.704. The maximum Gasteiger partial charge on any atom is 0.258 e. The molecule has 0 saturated heterocycles. The predicted octanol–water partition coefficient (Wildman–Crippen LogP) is 2.94. The SMILES string of the molecule is COc1ccc2cc1OCC(=O)NCc1cc(C(=O)N[C@@H]3c4ccccc4C[C@@H]3O)cc(c1)-n1ccnc1-2. The van der Waals surface area contributed by atoms with E-state index in [1.54, 1.807) is 30.5 Å². The van der Waals surface area contributed by atoms with Crippen LogP contribution in [0.2, 0.25) is 0 Å². The van der Waals surface area contributed by atoms with E-state index in [2.05, 4.69) is 15.6 Å². The summed E-state index contributed by atoms with van der Waals surface area (Å²) in [6.45, 7) is 0.00418. The van der Waals surface area contributed by atoms with Gasteiger partial charge >= 0.3 is 0 Å². The largest absolute Gasteiger partial charge is 0.493 e. The number of aromatic nitrogens is 2. The lowest BCUT2D eigenvalue weighted by atomic mass is 10.0. The first-order valence-corrected chi connectivity index (χ1v) is 12.3. The number of nitrogens with zero attached hydrogens (tertiary/aromatic N) is 2. The number of methoxy groups -OCH3 is 1. The number of imidazole rings is 1. The van der Waals surface area contributed by atoms with Crippen LogP contribution in [0.4, 0.5) is 0 Å². The van der Waals surface area contributed by atoms with E-state index in [-0.39, 0.29) is 25.0 Å². The van der Waals surface area contributed by atoms with Crippen molar-refractivity contribution in [1.82, 2.24) is 20.2 Å². The van der Waals surface area contributed by atoms with Gasteiger partial charge in [0.1, 0.15) is 5.82 Å². The van der Waals surface area contributed by atoms with E-state index in [4.69, 9.17) is 9.47 Å². The fraction of sp³-hybridized carbons (Fsp3) is 0.207. The third-order valence-corrected chi connectivity index (χ3v) is 6.92. The summed E-state index contributed by atoms with van der Waals surface area (Å²) in [6, 6.07) is 18.1. The first-order valence-electron chi connectivity index (χ1n) is 12.3. The summed E-state index contributed by atoms with van der Waals surface area (Å²) in [5.74, 6) is 0.943. The van der Waals surface area contributed by atoms with Crippen LogP contribution in [0.15, 0.2) is 73.1 Å². The maximum absolute atomic E-state index is 13.5. The van der Waals surface area contributed by atoms with Gasteiger partial charge in [0.05, 0.1) is 19.3 Å². The maximum atomic E-state index is 13.5. The number of aliphatic hydroxyl groups is 1. The molecule has 1 aliphatic carbocycles. The Morgan fingerprint density at radius 1 is 1.18 bits per heavy atom. The smallest absolute Gasteiger partial charge is 0.258 e. The van der Waals surface area contributed by atoms with Crippen molar-refractivity contribution < 1.29 is 24.2 Å². The molecule has 0 spiro atoms. The highest BCUT2D eigenvalue weighted by molar-refractivity contribution is 5.95. The second-order valence-corrected chi connectivity index (χ2v) is 9.36. The van der Waals surface area contributed by atoms with Crippen molar-refractivity contribution in [3.63, 3.8) is 0 Å². The number of fused-ring (bicyclic) bond motifs is 8. The summed E-state index contributed by atoms with van der Waals surface area (Å²) in [5, 5.41) is 16.5. The summed E-state index contributed by atoms with van der Waals surface area (Å²) < 4.78 is 13.0. The molecule has 4 bridgehead atoms. The molecule has 38 heavy (non-hydrogen) atoms. The normalized spacial score (nSPS) is 18.0. The number of carbonyl (C=O) groups is 2. The van der Waals surface area contributed by atoms with Crippen molar-refractivity contribution in [1.29, 1.82) is 0 Å². The molecule has 0 saturated carbocycles. The quantitative estimate of drug-likeness (QED) is 0.391. The number of hydrogen-bond acceptors (Lipinski definition) is 6. The molecule has 9 heteroatoms. The van der Waals surface area contributed by atoms with Gasteiger partial charge in [0.25, 0.3) is 11.8 Å². The first-order chi connectivity index (χ1) is 18.5. The molecule has 3 aromatic carbocycles. The topological polar surface area (TPSA) is 115 Å². The summed E-state index contributed by atoms with van der Waals surface area (Å²) >= 11 is 0. The average Bonchev–Trinajstić information content (AvgIpc) is 3.55. The lowest BCUT2D eigenvalue weighted by Gasteiger charge is -2.19. The Morgan fingerprint density at radius 3 is 2.92 bits per heavy atom. The number of aliphatic hydroxyl groups excluding tert-OH is 1. The van der Waals surface area contributed by atoms with Gasteiger partial charge in [0.15, 0.2) is 18.1 Å². The highest BCUT2D eigenvalue weighted by atomic mass is 16.5. The number of nitrogens with one attached hydrogen (secondary N) is 2. The van der Waals surface area contributed by atoms with E-state index in [1.165, 1.54) is 7.11 Å². The molecule has 1 aliphatic heterocycles. The molecule has 0 fully saturated rings. The monoisotopic (exact) mass is 510 g/mol. The number of amides is 2. The van der Waals surface area contributed by atoms with Crippen LogP contribution in [0.5, 0.6) is 11.5 Å². The summed E-state index contributed by atoms with van der Waals surface area (Å²) in [6.07, 6.45) is 3.29. The zero-order chi connectivity index (χ0) is 26.2. The molecule has 2 aliphatic rings. The molecule has 2 atom stereocenters. The number of ether oxygens (including phenoxy) is 2. The zero-order valence-electron chi connectivity index (χ0n) is 20.7. The Bertz CT molecular complexity index is 1550. The number of benzene rings is 3. The van der Waals surface area contributed by atoms with Crippen molar-refractivity contribution in [3.05, 3.63) is 95.3 Å². The first kappa shape index (κ1) is 23.7. The molecule has 3 N–H and O–H groups in total. The highest BCUT2D eigenvalue weighted by Crippen LogP contribution is 2.34. The van der Waals surface area contributed by atoms with Crippen molar-refractivity contribution in [2.24, 2.45) is 0 Å². The van der Waals surface area contributed by atoms with Crippen LogP contribution >= 0.6 is 0 Å². The van der Waals surface area contributed by atoms with E-state index in [0.29, 0.717) is 35.0 Å². The van der Waals surface area contributed by atoms with Gasteiger partial charge in [-0.2, -0.15) is 0 Å². The van der Waals surface area contributed by atoms with Crippen LogP contribution in [0.25, 0.3) is 17.1 Å². The van der Waals surface area contributed by atoms with E-state index in [0.717, 1.165) is 22.3 Å². The molecule has 9 nitrogen and oxygen atoms in total. The lowest BCUT2D eigenvalue weighted by molar-refractivity contribution is -0.123. The van der Waals surface area contributed by atoms with Crippen molar-refractivity contribution in [3.8, 4) is 28.6 Å². The van der Waals surface area contributed by atoms with Gasteiger partial charge in [-0.15, -0.1) is 0 Å². The third-order valence-electron chi connectivity index (χ3n) is 6.92. The number of carbonyl (C=O) groups excluding carboxylic acids is 2. The molecular weight excluding hydrogens is 484 g/mol. The van der Waals surface area contributed by atoms with E-state index >= 15 is 0 Å². The van der Waals surface area contributed by atoms with Crippen LogP contribution < -0.4 is 20.1 Å². The summed E-state index contributed by atoms with van der Waals surface area (Å²) in [7, 11) is 1.54. The fourth-order valence-corrected chi connectivity index (χ4v) is 5.07. The van der Waals surface area contributed by atoms with Crippen LogP contribution in [-0.4, -0.2) is 46.3 Å². The molecule has 4 aromatic rings. The van der Waals surface area contributed by atoms with Crippen molar-refractivity contribution >= 4 is 11.8 Å². The van der Waals surface area contributed by atoms with Gasteiger partial charge in [0.2, 0.25) is 0 Å². The van der Waals surface area contributed by atoms with Crippen LogP contribution in [0, 0.1) is 0 Å². The Hall–Kier alpha value is -4.63. The van der Waals surface area contributed by atoms with Gasteiger partial charge in [-0.25, -0.2) is 4.98 Å². The van der Waals surface area contributed by atoms with Crippen LogP contribution in [0.1, 0.15) is 33.1 Å². The van der Waals surface area contributed by atoms with Crippen molar-refractivity contribution in [2.45, 2.75) is 25.1 Å². The second-order valence-electron chi connectivity index (χ2n) is 9.36. The third kappa shape index (κ3) is 4.37. The Kier molecular flexibility index (Phi) is 6.05. The molecule has 2 heterocycles. The van der Waals surface area contributed by atoms with E-state index < -0.39 is 12.1 Å². The van der Waals surface area contributed by atoms with E-state index in [9.17, 15) is 14.7 Å². The number of hydrogen-bond donors (Lipinski definition) is 3. The Balaban J connectivity index is 1.40. The zero-order valence-corrected chi connectivity index (χ0v) is 20.7. The molecule has 192 valence electrons. The van der Waals surface area contributed by atoms with E-state index in [1.807, 2.05) is 47.2 Å². The molecule has 2 amide bonds. The Morgan fingerprint density at radius 2 is 2.05 bits per heavy atom. The second kappa shape index (κ2) is 9.68. The molecule has 0 unspecified atom stereocenters. The highest BCUT2D eigenvalue weighted by Gasteiger charge is 2.32. The van der Waals surface area contributed by atoms with Gasteiger partial charge < -0.3 is 25.2 Å². The van der Waals surface area contributed by atoms with Crippen molar-refractivity contribution in [2.75, 3.05) is 13.7 Å². The molecular formula is C29H26N4O5. The van der Waals surface area contributed by atoms with Gasteiger partial charge in [-0.3, -0.25) is 14.2 Å². The molecule has 6 rings (SSSR count). The molecule has 1 aromatic heterocycles. The standard InChI is InChI=1S/C29H26N4O5/c1-37-24-7-6-19-14-25(24)38-16-26(35)31-15-17-10-20(12-21(11-17)33-9-8-30-28(19)33)29(36)32-27-22-5-3-2-4-18(22)13-23(27)34/h2-12,14,23,27,34H,13,15-16H2,1H3,(H,31,35)(H,32,36)/t23-,27+/m0/s1. The minimum Gasteiger partial charge on any atom is -0.493 e. The summed E-state index contributed by atoms with van der Waals surface area (Å²) in [5.41, 5.74) is 4.55. The lowest BCUT2D eigenvalue weighted by Crippen LogP contribution is -2.34. The fourth-order valence-electron chi connectivity index (χ4n) is 5.07. The predicted molar refractivity (Wildman–Crippen MR) is 139 cm³/mol. The number of rotatable bonds is 3. The molecule has 0 radical (unpaired) electrons. The minimum absolute atomic E-state index is 0.194. The summed E-state index contributed by atoms with van der Waals surface area (Å²) in [4.78, 5) is 30.6. The Labute approximate surface area is 219 Å². The average molecular weight is 511 g/mol. The van der Waals surface area contributed by atoms with Gasteiger partial charge in [0, 0.05) is 42.2 Å². The van der Waals surface area contributed by atoms with Crippen LogP contribution in [-0.2, 0) is 17.8 Å². The van der Waals surface area contributed by atoms with Crippen LogP contribution in [0.3, 0.4) is 0 Å². The van der Waals surface area contributed by atoms with Gasteiger partial charge in [-0.05, 0) is 53.1 Å².